The Hall–Kier alpha value is -2.27. The summed E-state index contributed by atoms with van der Waals surface area (Å²) in [6.07, 6.45) is 3.49. The third-order valence-electron chi connectivity index (χ3n) is 4.20. The van der Waals surface area contributed by atoms with Gasteiger partial charge in [0.1, 0.15) is 5.69 Å². The topological polar surface area (TPSA) is 66.3 Å². The molecule has 1 fully saturated rings. The molecule has 2 atom stereocenters. The molecule has 1 N–H and O–H groups in total. The van der Waals surface area contributed by atoms with E-state index in [1.165, 1.54) is 0 Å². The van der Waals surface area contributed by atoms with Gasteiger partial charge in [0.2, 0.25) is 0 Å². The van der Waals surface area contributed by atoms with E-state index in [-0.39, 0.29) is 24.3 Å². The van der Waals surface area contributed by atoms with Crippen LogP contribution in [0.2, 0.25) is 0 Å². The summed E-state index contributed by atoms with van der Waals surface area (Å²) in [5.74, 6) is 0.122. The molecule has 22 heavy (non-hydrogen) atoms. The summed E-state index contributed by atoms with van der Waals surface area (Å²) < 4.78 is 0. The van der Waals surface area contributed by atoms with Crippen molar-refractivity contribution in [3.05, 3.63) is 59.7 Å². The normalized spacial score (nSPS) is 21.1. The molecule has 5 nitrogen and oxygen atoms in total. The Morgan fingerprint density at radius 1 is 1.27 bits per heavy atom. The van der Waals surface area contributed by atoms with E-state index in [4.69, 9.17) is 0 Å². The van der Waals surface area contributed by atoms with Crippen LogP contribution in [-0.2, 0) is 0 Å². The third-order valence-corrected chi connectivity index (χ3v) is 4.20. The Morgan fingerprint density at radius 3 is 2.73 bits per heavy atom. The van der Waals surface area contributed by atoms with E-state index in [1.807, 2.05) is 31.2 Å². The van der Waals surface area contributed by atoms with Crippen LogP contribution in [0, 0.1) is 12.8 Å². The summed E-state index contributed by atoms with van der Waals surface area (Å²) in [5.41, 5.74) is 2.41. The van der Waals surface area contributed by atoms with Crippen LogP contribution >= 0.6 is 0 Å². The Labute approximate surface area is 129 Å². The molecule has 0 radical (unpaired) electrons. The van der Waals surface area contributed by atoms with E-state index in [2.05, 4.69) is 9.97 Å². The second kappa shape index (κ2) is 6.23. The fourth-order valence-corrected chi connectivity index (χ4v) is 3.03. The van der Waals surface area contributed by atoms with E-state index in [0.29, 0.717) is 18.8 Å². The molecule has 114 valence electrons. The summed E-state index contributed by atoms with van der Waals surface area (Å²) in [6.45, 7) is 3.09. The first-order valence-corrected chi connectivity index (χ1v) is 7.42. The highest BCUT2D eigenvalue weighted by Crippen LogP contribution is 2.32. The minimum Gasteiger partial charge on any atom is -0.396 e. The fraction of sp³-hybridized carbons (Fsp3) is 0.353. The monoisotopic (exact) mass is 297 g/mol. The van der Waals surface area contributed by atoms with E-state index in [0.717, 1.165) is 11.3 Å². The van der Waals surface area contributed by atoms with Crippen LogP contribution in [0.3, 0.4) is 0 Å². The van der Waals surface area contributed by atoms with E-state index >= 15 is 0 Å². The van der Waals surface area contributed by atoms with Crippen molar-refractivity contribution in [3.63, 3.8) is 0 Å². The van der Waals surface area contributed by atoms with Gasteiger partial charge < -0.3 is 10.0 Å². The average Bonchev–Trinajstić information content (AvgIpc) is 2.99. The maximum Gasteiger partial charge on any atom is 0.272 e. The zero-order valence-corrected chi connectivity index (χ0v) is 12.5. The largest absolute Gasteiger partial charge is 0.396 e. The maximum atomic E-state index is 12.6. The summed E-state index contributed by atoms with van der Waals surface area (Å²) in [5, 5.41) is 9.64. The first-order chi connectivity index (χ1) is 10.7. The minimum absolute atomic E-state index is 0.0520. The number of hydrogen-bond donors (Lipinski definition) is 1. The molecule has 1 aliphatic rings. The molecule has 1 aliphatic heterocycles. The molecule has 3 heterocycles. The van der Waals surface area contributed by atoms with E-state index in [9.17, 15) is 9.90 Å². The zero-order valence-electron chi connectivity index (χ0n) is 12.5. The number of pyridine rings is 2. The van der Waals surface area contributed by atoms with Gasteiger partial charge in [-0.05, 0) is 36.8 Å². The lowest BCUT2D eigenvalue weighted by atomic mass is 9.90. The number of carbonyl (C=O) groups is 1. The van der Waals surface area contributed by atoms with Crippen molar-refractivity contribution in [1.29, 1.82) is 0 Å². The highest BCUT2D eigenvalue weighted by Gasteiger charge is 2.36. The number of aliphatic hydroxyl groups is 1. The second-order valence-electron chi connectivity index (χ2n) is 5.70. The molecule has 0 aromatic carbocycles. The molecule has 2 aromatic rings. The van der Waals surface area contributed by atoms with E-state index < -0.39 is 0 Å². The molecule has 0 bridgehead atoms. The highest BCUT2D eigenvalue weighted by molar-refractivity contribution is 5.92. The van der Waals surface area contributed by atoms with Crippen molar-refractivity contribution in [1.82, 2.24) is 14.9 Å². The molecule has 0 spiro atoms. The molecule has 1 saturated heterocycles. The molecule has 0 saturated carbocycles. The summed E-state index contributed by atoms with van der Waals surface area (Å²) in [6, 6.07) is 9.36. The molecular weight excluding hydrogens is 278 g/mol. The van der Waals surface area contributed by atoms with Gasteiger partial charge in [-0.3, -0.25) is 9.78 Å². The smallest absolute Gasteiger partial charge is 0.272 e. The SMILES string of the molecule is Cc1cccc(C(=O)N2C[C@@H](CO)[C@H](c3ccncc3)C2)n1. The van der Waals surface area contributed by atoms with Crippen LogP contribution in [0.5, 0.6) is 0 Å². The van der Waals surface area contributed by atoms with Gasteiger partial charge in [-0.25, -0.2) is 4.98 Å². The first kappa shape index (κ1) is 14.7. The van der Waals surface area contributed by atoms with Crippen LogP contribution in [0.15, 0.2) is 42.7 Å². The number of rotatable bonds is 3. The van der Waals surface area contributed by atoms with Crippen molar-refractivity contribution < 1.29 is 9.90 Å². The molecule has 0 aliphatic carbocycles. The van der Waals surface area contributed by atoms with Crippen LogP contribution in [0.4, 0.5) is 0 Å². The predicted octanol–water partition coefficient (Wildman–Crippen LogP) is 1.63. The number of hydrogen-bond acceptors (Lipinski definition) is 4. The lowest BCUT2D eigenvalue weighted by molar-refractivity contribution is 0.0775. The minimum atomic E-state index is -0.0706. The van der Waals surface area contributed by atoms with Gasteiger partial charge in [-0.2, -0.15) is 0 Å². The van der Waals surface area contributed by atoms with Crippen LogP contribution < -0.4 is 0 Å². The number of likely N-dealkylation sites (tertiary alicyclic amines) is 1. The fourth-order valence-electron chi connectivity index (χ4n) is 3.03. The van der Waals surface area contributed by atoms with Gasteiger partial charge in [0.05, 0.1) is 0 Å². The van der Waals surface area contributed by atoms with Crippen molar-refractivity contribution in [2.75, 3.05) is 19.7 Å². The Bertz CT molecular complexity index is 660. The summed E-state index contributed by atoms with van der Waals surface area (Å²) in [4.78, 5) is 22.7. The van der Waals surface area contributed by atoms with Crippen LogP contribution in [0.25, 0.3) is 0 Å². The number of nitrogens with zero attached hydrogens (tertiary/aromatic N) is 3. The summed E-state index contributed by atoms with van der Waals surface area (Å²) in [7, 11) is 0. The number of aromatic nitrogens is 2. The summed E-state index contributed by atoms with van der Waals surface area (Å²) >= 11 is 0. The van der Waals surface area contributed by atoms with Gasteiger partial charge in [-0.15, -0.1) is 0 Å². The molecule has 5 heteroatoms. The van der Waals surface area contributed by atoms with Gasteiger partial charge >= 0.3 is 0 Å². The highest BCUT2D eigenvalue weighted by atomic mass is 16.3. The Balaban J connectivity index is 1.81. The maximum absolute atomic E-state index is 12.6. The Kier molecular flexibility index (Phi) is 4.15. The number of carbonyl (C=O) groups excluding carboxylic acids is 1. The number of aryl methyl sites for hydroxylation is 1. The van der Waals surface area contributed by atoms with Crippen molar-refractivity contribution in [2.24, 2.45) is 5.92 Å². The lowest BCUT2D eigenvalue weighted by Gasteiger charge is -2.16. The predicted molar refractivity (Wildman–Crippen MR) is 82.4 cm³/mol. The quantitative estimate of drug-likeness (QED) is 0.935. The second-order valence-corrected chi connectivity index (χ2v) is 5.70. The lowest BCUT2D eigenvalue weighted by Crippen LogP contribution is -2.30. The first-order valence-electron chi connectivity index (χ1n) is 7.42. The molecule has 0 unspecified atom stereocenters. The van der Waals surface area contributed by atoms with Gasteiger partial charge in [0.15, 0.2) is 0 Å². The molecule has 1 amide bonds. The van der Waals surface area contributed by atoms with Gasteiger partial charge in [0, 0.05) is 49.6 Å². The molecule has 3 rings (SSSR count). The molecular formula is C17H19N3O2. The molecule has 2 aromatic heterocycles. The standard InChI is InChI=1S/C17H19N3O2/c1-12-3-2-4-16(19-12)17(22)20-9-14(11-21)15(10-20)13-5-7-18-8-6-13/h2-8,14-15,21H,9-11H2,1H3/t14-,15-/m0/s1. The third kappa shape index (κ3) is 2.85. The average molecular weight is 297 g/mol. The number of amides is 1. The Morgan fingerprint density at radius 2 is 2.05 bits per heavy atom. The number of aliphatic hydroxyl groups excluding tert-OH is 1. The van der Waals surface area contributed by atoms with Crippen LogP contribution in [0.1, 0.15) is 27.7 Å². The zero-order chi connectivity index (χ0) is 15.5. The van der Waals surface area contributed by atoms with Gasteiger partial charge in [0.25, 0.3) is 5.91 Å². The van der Waals surface area contributed by atoms with E-state index in [1.54, 1.807) is 23.4 Å². The van der Waals surface area contributed by atoms with Crippen molar-refractivity contribution in [2.45, 2.75) is 12.8 Å². The van der Waals surface area contributed by atoms with Gasteiger partial charge in [-0.1, -0.05) is 6.07 Å². The van der Waals surface area contributed by atoms with Crippen molar-refractivity contribution in [3.8, 4) is 0 Å². The van der Waals surface area contributed by atoms with Crippen molar-refractivity contribution >= 4 is 5.91 Å². The van der Waals surface area contributed by atoms with Crippen LogP contribution in [-0.4, -0.2) is 45.6 Å².